The second-order valence-corrected chi connectivity index (χ2v) is 6.11. The predicted octanol–water partition coefficient (Wildman–Crippen LogP) is 2.16. The van der Waals surface area contributed by atoms with Crippen LogP contribution in [0, 0.1) is 19.3 Å². The Hall–Kier alpha value is -3.18. The predicted molar refractivity (Wildman–Crippen MR) is 91.1 cm³/mol. The summed E-state index contributed by atoms with van der Waals surface area (Å²) in [5.41, 5.74) is 1.78. The molecule has 0 spiro atoms. The molecule has 0 atom stereocenters. The highest BCUT2D eigenvalue weighted by Gasteiger charge is 2.14. The minimum atomic E-state index is -0.550. The van der Waals surface area contributed by atoms with Crippen molar-refractivity contribution in [3.05, 3.63) is 46.1 Å². The van der Waals surface area contributed by atoms with E-state index in [-0.39, 0.29) is 12.3 Å². The number of nitrogens with zero attached hydrogens (tertiary/aromatic N) is 3. The Kier molecular flexibility index (Phi) is 4.50. The molecule has 0 radical (unpaired) electrons. The van der Waals surface area contributed by atoms with E-state index in [4.69, 9.17) is 15.7 Å². The first-order valence-electron chi connectivity index (χ1n) is 7.21. The lowest BCUT2D eigenvalue weighted by atomic mass is 10.2. The van der Waals surface area contributed by atoms with Gasteiger partial charge in [-0.15, -0.1) is 6.42 Å². The molecule has 7 nitrogen and oxygen atoms in total. The number of esters is 1. The highest BCUT2D eigenvalue weighted by molar-refractivity contribution is 7.16. The van der Waals surface area contributed by atoms with E-state index < -0.39 is 11.9 Å². The fraction of sp³-hybridized carbons (Fsp3) is 0.176. The van der Waals surface area contributed by atoms with Crippen molar-refractivity contribution in [3.8, 4) is 12.3 Å². The van der Waals surface area contributed by atoms with Crippen LogP contribution >= 0.6 is 11.3 Å². The summed E-state index contributed by atoms with van der Waals surface area (Å²) in [5, 5.41) is 3.68. The summed E-state index contributed by atoms with van der Waals surface area (Å²) in [5.74, 6) is 1.60. The number of methoxy groups -OCH3 is 1. The average Bonchev–Trinajstić information content (AvgIpc) is 3.18. The van der Waals surface area contributed by atoms with Crippen LogP contribution in [0.5, 0.6) is 0 Å². The van der Waals surface area contributed by atoms with Crippen molar-refractivity contribution in [1.82, 2.24) is 9.72 Å². The van der Waals surface area contributed by atoms with E-state index in [1.807, 2.05) is 0 Å². The molecule has 2 heterocycles. The molecule has 0 saturated carbocycles. The fourth-order valence-electron chi connectivity index (χ4n) is 2.25. The van der Waals surface area contributed by atoms with Crippen molar-refractivity contribution in [1.29, 1.82) is 0 Å². The third kappa shape index (κ3) is 3.22. The van der Waals surface area contributed by atoms with E-state index in [0.29, 0.717) is 16.1 Å². The van der Waals surface area contributed by atoms with Gasteiger partial charge >= 0.3 is 11.9 Å². The van der Waals surface area contributed by atoms with E-state index in [1.54, 1.807) is 29.7 Å². The molecule has 0 aliphatic heterocycles. The zero-order valence-electron chi connectivity index (χ0n) is 13.5. The lowest BCUT2D eigenvalue weighted by molar-refractivity contribution is 0.0601. The number of fused-ring (bicyclic) bond motifs is 1. The van der Waals surface area contributed by atoms with Crippen LogP contribution in [0.4, 0.5) is 0 Å². The number of benzene rings is 1. The Morgan fingerprint density at radius 1 is 1.44 bits per heavy atom. The maximum absolute atomic E-state index is 12.2. The first kappa shape index (κ1) is 16.7. The van der Waals surface area contributed by atoms with Crippen LogP contribution in [-0.2, 0) is 11.3 Å². The van der Waals surface area contributed by atoms with Crippen molar-refractivity contribution in [3.63, 3.8) is 0 Å². The number of hydrogen-bond donors (Lipinski definition) is 0. The number of aryl methyl sites for hydroxylation is 1. The molecular weight excluding hydrogens is 342 g/mol. The van der Waals surface area contributed by atoms with E-state index >= 15 is 0 Å². The molecule has 0 saturated heterocycles. The fourth-order valence-corrected chi connectivity index (χ4v) is 3.32. The van der Waals surface area contributed by atoms with Gasteiger partial charge in [0.1, 0.15) is 0 Å². The minimum absolute atomic E-state index is 0.0532. The smallest absolute Gasteiger partial charge is 0.337 e. The first-order chi connectivity index (χ1) is 12.0. The highest BCUT2D eigenvalue weighted by Crippen LogP contribution is 2.20. The Labute approximate surface area is 146 Å². The topological polar surface area (TPSA) is 86.7 Å². The summed E-state index contributed by atoms with van der Waals surface area (Å²) in [6.07, 6.45) is 5.43. The van der Waals surface area contributed by atoms with Gasteiger partial charge in [-0.05, 0) is 25.1 Å². The molecule has 0 aliphatic carbocycles. The van der Waals surface area contributed by atoms with Gasteiger partial charge in [0.2, 0.25) is 5.76 Å². The maximum Gasteiger partial charge on any atom is 0.337 e. The summed E-state index contributed by atoms with van der Waals surface area (Å²) in [6, 6.07) is 6.58. The molecule has 3 rings (SSSR count). The minimum Gasteiger partial charge on any atom is -0.465 e. The summed E-state index contributed by atoms with van der Waals surface area (Å²) in [7, 11) is 1.32. The first-order valence-corrected chi connectivity index (χ1v) is 8.02. The van der Waals surface area contributed by atoms with Crippen molar-refractivity contribution in [2.75, 3.05) is 7.11 Å². The van der Waals surface area contributed by atoms with Gasteiger partial charge in [0.05, 0.1) is 35.1 Å². The van der Waals surface area contributed by atoms with Crippen LogP contribution < -0.4 is 4.80 Å². The van der Waals surface area contributed by atoms with Gasteiger partial charge < -0.3 is 13.8 Å². The Balaban J connectivity index is 2.14. The standard InChI is InChI=1S/C17H13N3O4S/c1-4-7-20-12-6-5-11(16(22)23-3)9-14(12)25-17(20)18-15(21)13-8-10(2)19-24-13/h1,5-6,8-9H,7H2,2-3H3. The zero-order valence-corrected chi connectivity index (χ0v) is 14.3. The number of carbonyl (C=O) groups excluding carboxylic acids is 2. The number of ether oxygens (including phenoxy) is 1. The molecule has 0 unspecified atom stereocenters. The average molecular weight is 355 g/mol. The zero-order chi connectivity index (χ0) is 18.0. The Morgan fingerprint density at radius 3 is 2.88 bits per heavy atom. The molecule has 8 heteroatoms. The van der Waals surface area contributed by atoms with Crippen LogP contribution in [0.1, 0.15) is 26.6 Å². The van der Waals surface area contributed by atoms with Crippen molar-refractivity contribution in [2.24, 2.45) is 4.99 Å². The molecule has 2 aromatic heterocycles. The number of aromatic nitrogens is 2. The molecule has 0 aliphatic rings. The molecule has 1 aromatic carbocycles. The molecule has 25 heavy (non-hydrogen) atoms. The summed E-state index contributed by atoms with van der Waals surface area (Å²) < 4.78 is 12.1. The number of thiazole rings is 1. The van der Waals surface area contributed by atoms with Gasteiger partial charge in [-0.1, -0.05) is 22.4 Å². The molecule has 0 bridgehead atoms. The van der Waals surface area contributed by atoms with Crippen molar-refractivity contribution in [2.45, 2.75) is 13.5 Å². The molecule has 126 valence electrons. The summed E-state index contributed by atoms with van der Waals surface area (Å²) >= 11 is 1.25. The SMILES string of the molecule is C#CCn1c(=NC(=O)c2cc(C)no2)sc2cc(C(=O)OC)ccc21. The normalized spacial score (nSPS) is 11.5. The van der Waals surface area contributed by atoms with Crippen molar-refractivity contribution < 1.29 is 18.8 Å². The second kappa shape index (κ2) is 6.75. The monoisotopic (exact) mass is 355 g/mol. The third-order valence-corrected chi connectivity index (χ3v) is 4.43. The van der Waals surface area contributed by atoms with E-state index in [1.165, 1.54) is 24.5 Å². The Bertz CT molecular complexity index is 1080. The molecule has 0 fully saturated rings. The summed E-state index contributed by atoms with van der Waals surface area (Å²) in [4.78, 5) is 28.4. The van der Waals surface area contributed by atoms with Gasteiger partial charge in [0, 0.05) is 6.07 Å². The number of rotatable bonds is 3. The van der Waals surface area contributed by atoms with Gasteiger partial charge in [0.25, 0.3) is 0 Å². The Morgan fingerprint density at radius 2 is 2.24 bits per heavy atom. The molecule has 1 amide bonds. The number of hydrogen-bond acceptors (Lipinski definition) is 6. The van der Waals surface area contributed by atoms with Gasteiger partial charge in [-0.2, -0.15) is 4.99 Å². The van der Waals surface area contributed by atoms with Crippen molar-refractivity contribution >= 4 is 33.4 Å². The van der Waals surface area contributed by atoms with Crippen LogP contribution in [-0.4, -0.2) is 28.7 Å². The van der Waals surface area contributed by atoms with E-state index in [2.05, 4.69) is 16.1 Å². The van der Waals surface area contributed by atoms with Gasteiger partial charge in [-0.25, -0.2) is 4.79 Å². The van der Waals surface area contributed by atoms with Gasteiger partial charge in [-0.3, -0.25) is 4.79 Å². The van der Waals surface area contributed by atoms with Crippen LogP contribution in [0.25, 0.3) is 10.2 Å². The quantitative estimate of drug-likeness (QED) is 0.531. The second-order valence-electron chi connectivity index (χ2n) is 5.10. The largest absolute Gasteiger partial charge is 0.465 e. The summed E-state index contributed by atoms with van der Waals surface area (Å²) in [6.45, 7) is 1.95. The van der Waals surface area contributed by atoms with Gasteiger partial charge in [0.15, 0.2) is 4.80 Å². The van der Waals surface area contributed by atoms with E-state index in [0.717, 1.165) is 10.2 Å². The molecular formula is C17H13N3O4S. The molecule has 3 aromatic rings. The number of terminal acetylenes is 1. The third-order valence-electron chi connectivity index (χ3n) is 3.39. The van der Waals surface area contributed by atoms with Crippen LogP contribution in [0.3, 0.4) is 0 Å². The lowest BCUT2D eigenvalue weighted by Crippen LogP contribution is -2.16. The molecule has 0 N–H and O–H groups in total. The highest BCUT2D eigenvalue weighted by atomic mass is 32.1. The number of carbonyl (C=O) groups is 2. The lowest BCUT2D eigenvalue weighted by Gasteiger charge is -2.01. The van der Waals surface area contributed by atoms with E-state index in [9.17, 15) is 9.59 Å². The van der Waals surface area contributed by atoms with Crippen LogP contribution in [0.15, 0.2) is 33.8 Å². The number of amides is 1. The van der Waals surface area contributed by atoms with Crippen LogP contribution in [0.2, 0.25) is 0 Å². The maximum atomic E-state index is 12.2.